The molecule has 3 N–H and O–H groups in total. The smallest absolute Gasteiger partial charge is 0.262 e. The largest absolute Gasteiger partial charge is 0.313 e. The van der Waals surface area contributed by atoms with Gasteiger partial charge >= 0.3 is 0 Å². The van der Waals surface area contributed by atoms with Gasteiger partial charge in [-0.05, 0) is 43.1 Å². The zero-order valence-electron chi connectivity index (χ0n) is 12.4. The number of sulfonamides is 1. The number of aromatic amines is 1. The second-order valence-electron chi connectivity index (χ2n) is 4.91. The van der Waals surface area contributed by atoms with E-state index in [4.69, 9.17) is 0 Å². The minimum atomic E-state index is -3.62. The number of nitrogens with zero attached hydrogens (tertiary/aromatic N) is 1. The lowest BCUT2D eigenvalue weighted by molar-refractivity contribution is 0.600. The minimum Gasteiger partial charge on any atom is -0.313 e. The summed E-state index contributed by atoms with van der Waals surface area (Å²) in [6, 6.07) is 3.72. The molecule has 0 amide bonds. The number of anilines is 1. The average Bonchev–Trinajstić information content (AvgIpc) is 2.91. The summed E-state index contributed by atoms with van der Waals surface area (Å²) >= 11 is 0. The van der Waals surface area contributed by atoms with E-state index in [0.717, 1.165) is 23.2 Å². The van der Waals surface area contributed by atoms with Gasteiger partial charge < -0.3 is 5.32 Å². The molecular weight excluding hydrogens is 288 g/mol. The van der Waals surface area contributed by atoms with Crippen LogP contribution >= 0.6 is 0 Å². The van der Waals surface area contributed by atoms with E-state index >= 15 is 0 Å². The monoisotopic (exact) mass is 308 g/mol. The van der Waals surface area contributed by atoms with Gasteiger partial charge in [0, 0.05) is 12.7 Å². The molecule has 0 fully saturated rings. The fraction of sp³-hybridized carbons (Fsp3) is 0.357. The first-order chi connectivity index (χ1) is 9.94. The normalized spacial score (nSPS) is 11.6. The fourth-order valence-electron chi connectivity index (χ4n) is 2.07. The van der Waals surface area contributed by atoms with E-state index in [9.17, 15) is 8.42 Å². The van der Waals surface area contributed by atoms with Crippen molar-refractivity contribution in [2.24, 2.45) is 0 Å². The lowest BCUT2D eigenvalue weighted by atomic mass is 10.1. The highest BCUT2D eigenvalue weighted by Crippen LogP contribution is 2.23. The van der Waals surface area contributed by atoms with Crippen LogP contribution < -0.4 is 10.0 Å². The Morgan fingerprint density at radius 1 is 1.29 bits per heavy atom. The molecule has 114 valence electrons. The topological polar surface area (TPSA) is 86.9 Å². The zero-order chi connectivity index (χ0) is 15.5. The van der Waals surface area contributed by atoms with E-state index < -0.39 is 10.0 Å². The van der Waals surface area contributed by atoms with Crippen molar-refractivity contribution in [2.45, 2.75) is 32.2 Å². The molecule has 0 radical (unpaired) electrons. The van der Waals surface area contributed by atoms with Gasteiger partial charge in [-0.15, -0.1) is 0 Å². The third-order valence-electron chi connectivity index (χ3n) is 3.30. The molecular formula is C14H20N4O2S. The third kappa shape index (κ3) is 3.62. The average molecular weight is 308 g/mol. The molecule has 0 aliphatic heterocycles. The Hall–Kier alpha value is -1.86. The van der Waals surface area contributed by atoms with Crippen molar-refractivity contribution >= 4 is 15.7 Å². The maximum atomic E-state index is 12.5. The summed E-state index contributed by atoms with van der Waals surface area (Å²) in [6.45, 7) is 7.23. The first-order valence-electron chi connectivity index (χ1n) is 6.76. The summed E-state index contributed by atoms with van der Waals surface area (Å²) < 4.78 is 27.6. The van der Waals surface area contributed by atoms with Crippen molar-refractivity contribution < 1.29 is 8.42 Å². The van der Waals surface area contributed by atoms with Gasteiger partial charge in [-0.25, -0.2) is 8.42 Å². The second-order valence-corrected chi connectivity index (χ2v) is 6.56. The fourth-order valence-corrected chi connectivity index (χ4v) is 3.47. The van der Waals surface area contributed by atoms with E-state index in [1.54, 1.807) is 6.07 Å². The molecule has 1 aromatic carbocycles. The lowest BCUT2D eigenvalue weighted by Gasteiger charge is -2.13. The zero-order valence-corrected chi connectivity index (χ0v) is 13.2. The maximum Gasteiger partial charge on any atom is 0.262 e. The number of aromatic nitrogens is 2. The number of hydrogen-bond acceptors (Lipinski definition) is 4. The molecule has 0 spiro atoms. The van der Waals surface area contributed by atoms with Gasteiger partial charge in [-0.2, -0.15) is 5.10 Å². The number of hydrogen-bond donors (Lipinski definition) is 3. The molecule has 21 heavy (non-hydrogen) atoms. The molecule has 0 bridgehead atoms. The van der Waals surface area contributed by atoms with Crippen molar-refractivity contribution in [2.75, 3.05) is 11.3 Å². The molecule has 2 rings (SSSR count). The van der Waals surface area contributed by atoms with Gasteiger partial charge in [-0.1, -0.05) is 13.0 Å². The molecule has 7 heteroatoms. The maximum absolute atomic E-state index is 12.5. The predicted octanol–water partition coefficient (Wildman–Crippen LogP) is 1.94. The first kappa shape index (κ1) is 15.5. The van der Waals surface area contributed by atoms with Crippen LogP contribution in [0.2, 0.25) is 0 Å². The van der Waals surface area contributed by atoms with Crippen molar-refractivity contribution in [3.05, 3.63) is 41.2 Å². The van der Waals surface area contributed by atoms with Crippen molar-refractivity contribution in [3.63, 3.8) is 0 Å². The number of aryl methyl sites for hydroxylation is 1. The number of rotatable bonds is 6. The molecule has 1 heterocycles. The van der Waals surface area contributed by atoms with Crippen LogP contribution in [0.1, 0.15) is 23.6 Å². The molecule has 0 atom stereocenters. The molecule has 6 nitrogen and oxygen atoms in total. The molecule has 2 aromatic rings. The van der Waals surface area contributed by atoms with E-state index in [1.165, 1.54) is 12.4 Å². The summed E-state index contributed by atoms with van der Waals surface area (Å²) in [5.74, 6) is 0. The van der Waals surface area contributed by atoms with Crippen LogP contribution in [0.25, 0.3) is 0 Å². The Morgan fingerprint density at radius 3 is 2.67 bits per heavy atom. The molecule has 0 aliphatic carbocycles. The van der Waals surface area contributed by atoms with Crippen LogP contribution in [-0.4, -0.2) is 25.2 Å². The predicted molar refractivity (Wildman–Crippen MR) is 82.7 cm³/mol. The summed E-state index contributed by atoms with van der Waals surface area (Å²) in [6.07, 6.45) is 2.93. The Bertz CT molecular complexity index is 709. The lowest BCUT2D eigenvalue weighted by Crippen LogP contribution is -2.17. The highest BCUT2D eigenvalue weighted by Gasteiger charge is 2.19. The van der Waals surface area contributed by atoms with Gasteiger partial charge in [0.15, 0.2) is 0 Å². The molecule has 0 saturated carbocycles. The van der Waals surface area contributed by atoms with Crippen LogP contribution in [0.3, 0.4) is 0 Å². The SMILES string of the molecule is CCNCc1cc(C)c(C)c(S(=O)(=O)Nc2cn[nH]c2)c1. The molecule has 0 unspecified atom stereocenters. The Morgan fingerprint density at radius 2 is 2.05 bits per heavy atom. The van der Waals surface area contributed by atoms with E-state index in [2.05, 4.69) is 20.2 Å². The third-order valence-corrected chi connectivity index (χ3v) is 4.81. The minimum absolute atomic E-state index is 0.302. The molecule has 1 aromatic heterocycles. The summed E-state index contributed by atoms with van der Waals surface area (Å²) in [4.78, 5) is 0.302. The van der Waals surface area contributed by atoms with E-state index in [0.29, 0.717) is 17.1 Å². The number of H-pyrrole nitrogens is 1. The Kier molecular flexibility index (Phi) is 4.64. The van der Waals surface area contributed by atoms with E-state index in [-0.39, 0.29) is 0 Å². The van der Waals surface area contributed by atoms with Gasteiger partial charge in [0.05, 0.1) is 16.8 Å². The van der Waals surface area contributed by atoms with Crippen LogP contribution in [-0.2, 0) is 16.6 Å². The first-order valence-corrected chi connectivity index (χ1v) is 8.25. The van der Waals surface area contributed by atoms with Gasteiger partial charge in [0.25, 0.3) is 10.0 Å². The number of nitrogens with one attached hydrogen (secondary N) is 3. The van der Waals surface area contributed by atoms with Gasteiger partial charge in [0.1, 0.15) is 0 Å². The van der Waals surface area contributed by atoms with E-state index in [1.807, 2.05) is 26.8 Å². The van der Waals surface area contributed by atoms with Crippen molar-refractivity contribution in [3.8, 4) is 0 Å². The summed E-state index contributed by atoms with van der Waals surface area (Å²) in [7, 11) is -3.62. The summed E-state index contributed by atoms with van der Waals surface area (Å²) in [5, 5.41) is 9.52. The summed E-state index contributed by atoms with van der Waals surface area (Å²) in [5.41, 5.74) is 3.08. The molecule has 0 aliphatic rings. The quantitative estimate of drug-likeness (QED) is 0.761. The highest BCUT2D eigenvalue weighted by atomic mass is 32.2. The van der Waals surface area contributed by atoms with Gasteiger partial charge in [0.2, 0.25) is 0 Å². The van der Waals surface area contributed by atoms with Crippen LogP contribution in [0, 0.1) is 13.8 Å². The van der Waals surface area contributed by atoms with Crippen LogP contribution in [0.5, 0.6) is 0 Å². The van der Waals surface area contributed by atoms with Crippen LogP contribution in [0.4, 0.5) is 5.69 Å². The Labute approximate surface area is 125 Å². The molecule has 0 saturated heterocycles. The Balaban J connectivity index is 2.39. The van der Waals surface area contributed by atoms with Crippen molar-refractivity contribution in [1.82, 2.24) is 15.5 Å². The second kappa shape index (κ2) is 6.28. The number of benzene rings is 1. The van der Waals surface area contributed by atoms with Gasteiger partial charge in [-0.3, -0.25) is 9.82 Å². The highest BCUT2D eigenvalue weighted by molar-refractivity contribution is 7.92. The van der Waals surface area contributed by atoms with Crippen molar-refractivity contribution in [1.29, 1.82) is 0 Å². The van der Waals surface area contributed by atoms with Crippen LogP contribution in [0.15, 0.2) is 29.4 Å². The standard InChI is InChI=1S/C14H20N4O2S/c1-4-15-7-12-5-10(2)11(3)14(6-12)21(19,20)18-13-8-16-17-9-13/h5-6,8-9,15,18H,4,7H2,1-3H3,(H,16,17).